The van der Waals surface area contributed by atoms with Crippen LogP contribution in [-0.2, 0) is 9.59 Å². The standard InChI is InChI=1S/C30H24BrN3O4/c1-19-7-3-6-10-26(19)34-29(35)18-38-28-16-25(31)22(15-27(28)37-2)13-23(17-32)30(36)33-24-12-11-20-8-4-5-9-21(20)14-24/h3-16H,18H2,1-2H3,(H,33,36)(H,34,35)/b23-13+. The van der Waals surface area contributed by atoms with Crippen molar-refractivity contribution < 1.29 is 19.1 Å². The Kier molecular flexibility index (Phi) is 8.41. The van der Waals surface area contributed by atoms with E-state index in [9.17, 15) is 14.9 Å². The summed E-state index contributed by atoms with van der Waals surface area (Å²) < 4.78 is 11.7. The zero-order valence-electron chi connectivity index (χ0n) is 20.7. The Balaban J connectivity index is 1.48. The molecule has 0 aliphatic carbocycles. The molecule has 0 spiro atoms. The number of ether oxygens (including phenoxy) is 2. The van der Waals surface area contributed by atoms with E-state index in [4.69, 9.17) is 9.47 Å². The highest BCUT2D eigenvalue weighted by atomic mass is 79.9. The number of anilines is 2. The van der Waals surface area contributed by atoms with Gasteiger partial charge >= 0.3 is 0 Å². The van der Waals surface area contributed by atoms with E-state index < -0.39 is 5.91 Å². The van der Waals surface area contributed by atoms with Crippen LogP contribution in [0.4, 0.5) is 11.4 Å². The molecular formula is C30H24BrN3O4. The van der Waals surface area contributed by atoms with E-state index in [-0.39, 0.29) is 18.1 Å². The highest BCUT2D eigenvalue weighted by Gasteiger charge is 2.15. The summed E-state index contributed by atoms with van der Waals surface area (Å²) in [5, 5.41) is 17.3. The SMILES string of the molecule is COc1cc(/C=C(\C#N)C(=O)Nc2ccc3ccccc3c2)c(Br)cc1OCC(=O)Nc1ccccc1C. The molecule has 38 heavy (non-hydrogen) atoms. The highest BCUT2D eigenvalue weighted by molar-refractivity contribution is 9.10. The smallest absolute Gasteiger partial charge is 0.266 e. The molecule has 4 aromatic carbocycles. The Morgan fingerprint density at radius 3 is 2.42 bits per heavy atom. The van der Waals surface area contributed by atoms with Gasteiger partial charge in [0.15, 0.2) is 18.1 Å². The largest absolute Gasteiger partial charge is 0.493 e. The van der Waals surface area contributed by atoms with Crippen LogP contribution in [0.3, 0.4) is 0 Å². The summed E-state index contributed by atoms with van der Waals surface area (Å²) in [7, 11) is 1.47. The van der Waals surface area contributed by atoms with Gasteiger partial charge in [0.05, 0.1) is 7.11 Å². The number of nitrogens with zero attached hydrogens (tertiary/aromatic N) is 1. The van der Waals surface area contributed by atoms with Crippen LogP contribution >= 0.6 is 15.9 Å². The predicted octanol–water partition coefficient (Wildman–Crippen LogP) is 6.48. The summed E-state index contributed by atoms with van der Waals surface area (Å²) in [6, 6.07) is 26.0. The molecule has 0 fully saturated rings. The molecule has 0 saturated heterocycles. The average Bonchev–Trinajstić information content (AvgIpc) is 2.92. The minimum absolute atomic E-state index is 0.0906. The van der Waals surface area contributed by atoms with E-state index >= 15 is 0 Å². The van der Waals surface area contributed by atoms with E-state index in [1.807, 2.05) is 73.7 Å². The molecule has 4 rings (SSSR count). The predicted molar refractivity (Wildman–Crippen MR) is 152 cm³/mol. The number of carbonyl (C=O) groups excluding carboxylic acids is 2. The van der Waals surface area contributed by atoms with E-state index in [0.717, 1.165) is 16.3 Å². The van der Waals surface area contributed by atoms with Crippen molar-refractivity contribution in [1.82, 2.24) is 0 Å². The lowest BCUT2D eigenvalue weighted by Crippen LogP contribution is -2.20. The van der Waals surface area contributed by atoms with E-state index in [0.29, 0.717) is 32.9 Å². The molecule has 0 aromatic heterocycles. The van der Waals surface area contributed by atoms with Crippen molar-refractivity contribution in [3.63, 3.8) is 0 Å². The molecule has 0 radical (unpaired) electrons. The van der Waals surface area contributed by atoms with Gasteiger partial charge in [0, 0.05) is 15.8 Å². The summed E-state index contributed by atoms with van der Waals surface area (Å²) in [5.41, 5.74) is 2.67. The Morgan fingerprint density at radius 1 is 0.947 bits per heavy atom. The van der Waals surface area contributed by atoms with Crippen LogP contribution < -0.4 is 20.1 Å². The third-order valence-corrected chi connectivity index (χ3v) is 6.42. The quantitative estimate of drug-likeness (QED) is 0.187. The highest BCUT2D eigenvalue weighted by Crippen LogP contribution is 2.35. The lowest BCUT2D eigenvalue weighted by atomic mass is 10.1. The van der Waals surface area contributed by atoms with Crippen LogP contribution in [0.25, 0.3) is 16.8 Å². The number of nitriles is 1. The molecule has 4 aromatic rings. The van der Waals surface area contributed by atoms with Crippen LogP contribution in [0.5, 0.6) is 11.5 Å². The van der Waals surface area contributed by atoms with Gasteiger partial charge in [0.1, 0.15) is 11.6 Å². The van der Waals surface area contributed by atoms with Gasteiger partial charge < -0.3 is 20.1 Å². The maximum absolute atomic E-state index is 12.9. The molecular weight excluding hydrogens is 546 g/mol. The first kappa shape index (κ1) is 26.5. The molecule has 8 heteroatoms. The molecule has 0 unspecified atom stereocenters. The molecule has 0 aliphatic heterocycles. The van der Waals surface area contributed by atoms with Crippen molar-refractivity contribution in [3.8, 4) is 17.6 Å². The number of halogens is 1. The number of para-hydroxylation sites is 1. The topological polar surface area (TPSA) is 100 Å². The fourth-order valence-corrected chi connectivity index (χ4v) is 4.18. The number of fused-ring (bicyclic) bond motifs is 1. The van der Waals surface area contributed by atoms with Crippen molar-refractivity contribution in [3.05, 3.63) is 100 Å². The third-order valence-electron chi connectivity index (χ3n) is 5.73. The van der Waals surface area contributed by atoms with Crippen LogP contribution in [0.1, 0.15) is 11.1 Å². The molecule has 0 bridgehead atoms. The number of benzene rings is 4. The van der Waals surface area contributed by atoms with Gasteiger partial charge in [-0.1, -0.05) is 64.5 Å². The number of hydrogen-bond acceptors (Lipinski definition) is 5. The van der Waals surface area contributed by atoms with Crippen LogP contribution in [0, 0.1) is 18.3 Å². The second-order valence-corrected chi connectivity index (χ2v) is 9.22. The first-order chi connectivity index (χ1) is 18.4. The Bertz CT molecular complexity index is 1590. The number of methoxy groups -OCH3 is 1. The fraction of sp³-hybridized carbons (Fsp3) is 0.100. The van der Waals surface area contributed by atoms with Gasteiger partial charge in [-0.2, -0.15) is 5.26 Å². The van der Waals surface area contributed by atoms with Crippen LogP contribution in [0.15, 0.2) is 88.9 Å². The fourth-order valence-electron chi connectivity index (χ4n) is 3.75. The number of hydrogen-bond donors (Lipinski definition) is 2. The molecule has 7 nitrogen and oxygen atoms in total. The van der Waals surface area contributed by atoms with Gasteiger partial charge in [-0.05, 0) is 65.2 Å². The van der Waals surface area contributed by atoms with Gasteiger partial charge in [0.2, 0.25) is 0 Å². The van der Waals surface area contributed by atoms with Gasteiger partial charge in [0.25, 0.3) is 11.8 Å². The third kappa shape index (κ3) is 6.38. The molecule has 2 amide bonds. The Labute approximate surface area is 228 Å². The van der Waals surface area contributed by atoms with Crippen LogP contribution in [-0.4, -0.2) is 25.5 Å². The van der Waals surface area contributed by atoms with E-state index in [1.165, 1.54) is 13.2 Å². The van der Waals surface area contributed by atoms with E-state index in [2.05, 4.69) is 26.6 Å². The van der Waals surface area contributed by atoms with Crippen molar-refractivity contribution in [2.75, 3.05) is 24.4 Å². The minimum Gasteiger partial charge on any atom is -0.493 e. The molecule has 0 atom stereocenters. The summed E-state index contributed by atoms with van der Waals surface area (Å²) in [5.74, 6) is -0.189. The maximum Gasteiger partial charge on any atom is 0.266 e. The lowest BCUT2D eigenvalue weighted by molar-refractivity contribution is -0.118. The number of carbonyl (C=O) groups is 2. The van der Waals surface area contributed by atoms with Crippen molar-refractivity contribution in [1.29, 1.82) is 5.26 Å². The van der Waals surface area contributed by atoms with Crippen molar-refractivity contribution in [2.45, 2.75) is 6.92 Å². The molecule has 0 aliphatic rings. The summed E-state index contributed by atoms with van der Waals surface area (Å²) >= 11 is 3.46. The Hall–Kier alpha value is -4.61. The number of aryl methyl sites for hydroxylation is 1. The first-order valence-electron chi connectivity index (χ1n) is 11.7. The average molecular weight is 570 g/mol. The van der Waals surface area contributed by atoms with Crippen molar-refractivity contribution >= 4 is 56.0 Å². The van der Waals surface area contributed by atoms with Crippen molar-refractivity contribution in [2.24, 2.45) is 0 Å². The lowest BCUT2D eigenvalue weighted by Gasteiger charge is -2.14. The molecule has 2 N–H and O–H groups in total. The van der Waals surface area contributed by atoms with Gasteiger partial charge in [-0.3, -0.25) is 9.59 Å². The minimum atomic E-state index is -0.540. The number of nitrogens with one attached hydrogen (secondary N) is 2. The molecule has 190 valence electrons. The summed E-state index contributed by atoms with van der Waals surface area (Å²) in [4.78, 5) is 25.2. The maximum atomic E-state index is 12.9. The molecule has 0 saturated carbocycles. The summed E-state index contributed by atoms with van der Waals surface area (Å²) in [6.07, 6.45) is 1.46. The summed E-state index contributed by atoms with van der Waals surface area (Å²) in [6.45, 7) is 1.67. The second kappa shape index (κ2) is 12.1. The zero-order valence-corrected chi connectivity index (χ0v) is 22.3. The number of rotatable bonds is 8. The van der Waals surface area contributed by atoms with Gasteiger partial charge in [-0.15, -0.1) is 0 Å². The van der Waals surface area contributed by atoms with Gasteiger partial charge in [-0.25, -0.2) is 0 Å². The monoisotopic (exact) mass is 569 g/mol. The number of amides is 2. The first-order valence-corrected chi connectivity index (χ1v) is 12.4. The second-order valence-electron chi connectivity index (χ2n) is 8.36. The zero-order chi connectivity index (χ0) is 27.1. The van der Waals surface area contributed by atoms with Crippen LogP contribution in [0.2, 0.25) is 0 Å². The normalized spacial score (nSPS) is 10.9. The van der Waals surface area contributed by atoms with E-state index in [1.54, 1.807) is 18.2 Å². The molecule has 0 heterocycles. The Morgan fingerprint density at radius 2 is 1.68 bits per heavy atom.